The van der Waals surface area contributed by atoms with Gasteiger partial charge in [-0.1, -0.05) is 42.3 Å². The normalized spacial score (nSPS) is 13.3. The molecule has 0 saturated heterocycles. The molecule has 0 aliphatic carbocycles. The molecular formula is C22H29BrN2O5S. The zero-order chi connectivity index (χ0) is 23.0. The summed E-state index contributed by atoms with van der Waals surface area (Å²) in [6.07, 6.45) is 1.22. The molecule has 0 radical (unpaired) electrons. The van der Waals surface area contributed by atoms with Crippen LogP contribution in [0, 0.1) is 5.92 Å². The molecule has 31 heavy (non-hydrogen) atoms. The molecule has 0 spiro atoms. The number of sulfonamides is 1. The summed E-state index contributed by atoms with van der Waals surface area (Å²) in [5.41, 5.74) is 0.966. The van der Waals surface area contributed by atoms with Crippen LogP contribution in [-0.4, -0.2) is 41.1 Å². The van der Waals surface area contributed by atoms with E-state index in [9.17, 15) is 13.2 Å². The second-order valence-corrected chi connectivity index (χ2v) is 9.80. The molecule has 2 atom stereocenters. The molecule has 2 rings (SSSR count). The predicted molar refractivity (Wildman–Crippen MR) is 124 cm³/mol. The maximum atomic E-state index is 12.8. The van der Waals surface area contributed by atoms with Crippen LogP contribution < -0.4 is 19.5 Å². The zero-order valence-electron chi connectivity index (χ0n) is 18.1. The minimum atomic E-state index is -3.83. The van der Waals surface area contributed by atoms with Crippen molar-refractivity contribution in [2.75, 3.05) is 20.8 Å². The summed E-state index contributed by atoms with van der Waals surface area (Å²) in [6, 6.07) is 11.0. The Labute approximate surface area is 192 Å². The molecule has 0 aliphatic rings. The van der Waals surface area contributed by atoms with Gasteiger partial charge in [0, 0.05) is 11.0 Å². The second kappa shape index (κ2) is 11.5. The van der Waals surface area contributed by atoms with E-state index < -0.39 is 16.1 Å². The van der Waals surface area contributed by atoms with Gasteiger partial charge in [0.05, 0.1) is 19.1 Å². The monoisotopic (exact) mass is 512 g/mol. The Balaban J connectivity index is 2.05. The van der Waals surface area contributed by atoms with Gasteiger partial charge in [0.1, 0.15) is 6.04 Å². The first-order valence-electron chi connectivity index (χ1n) is 9.98. The van der Waals surface area contributed by atoms with Crippen molar-refractivity contribution in [3.05, 3.63) is 52.5 Å². The number of amides is 1. The highest BCUT2D eigenvalue weighted by molar-refractivity contribution is 9.10. The van der Waals surface area contributed by atoms with Crippen molar-refractivity contribution in [2.45, 2.75) is 37.6 Å². The molecule has 0 saturated carbocycles. The van der Waals surface area contributed by atoms with Gasteiger partial charge in [0.25, 0.3) is 0 Å². The third kappa shape index (κ3) is 6.95. The highest BCUT2D eigenvalue weighted by atomic mass is 79.9. The van der Waals surface area contributed by atoms with Crippen LogP contribution in [0.5, 0.6) is 11.5 Å². The summed E-state index contributed by atoms with van der Waals surface area (Å²) < 4.78 is 39.4. The molecule has 9 heteroatoms. The molecule has 2 unspecified atom stereocenters. The molecule has 0 aromatic heterocycles. The van der Waals surface area contributed by atoms with Gasteiger partial charge >= 0.3 is 0 Å². The summed E-state index contributed by atoms with van der Waals surface area (Å²) in [4.78, 5) is 12.9. The number of benzene rings is 2. The molecule has 1 amide bonds. The Hall–Kier alpha value is -2.10. The fourth-order valence-electron chi connectivity index (χ4n) is 2.99. The van der Waals surface area contributed by atoms with Gasteiger partial charge in [-0.3, -0.25) is 4.79 Å². The predicted octanol–water partition coefficient (Wildman–Crippen LogP) is 3.52. The van der Waals surface area contributed by atoms with E-state index in [0.717, 1.165) is 10.0 Å². The first-order valence-corrected chi connectivity index (χ1v) is 12.3. The zero-order valence-corrected chi connectivity index (χ0v) is 20.5. The van der Waals surface area contributed by atoms with Crippen molar-refractivity contribution in [3.63, 3.8) is 0 Å². The van der Waals surface area contributed by atoms with E-state index in [1.807, 2.05) is 32.0 Å². The number of hydrogen-bond acceptors (Lipinski definition) is 5. The molecule has 0 fully saturated rings. The lowest BCUT2D eigenvalue weighted by Crippen LogP contribution is -2.50. The fraction of sp³-hybridized carbons (Fsp3) is 0.409. The quantitative estimate of drug-likeness (QED) is 0.480. The molecule has 2 aromatic rings. The average molecular weight is 513 g/mol. The van der Waals surface area contributed by atoms with E-state index in [2.05, 4.69) is 26.0 Å². The number of methoxy groups -OCH3 is 2. The van der Waals surface area contributed by atoms with Crippen LogP contribution in [0.1, 0.15) is 25.8 Å². The van der Waals surface area contributed by atoms with E-state index in [-0.39, 0.29) is 16.7 Å². The summed E-state index contributed by atoms with van der Waals surface area (Å²) in [5.74, 6) is 0.724. The number of ether oxygens (including phenoxy) is 2. The number of rotatable bonds is 11. The molecule has 0 bridgehead atoms. The number of carbonyl (C=O) groups is 1. The minimum Gasteiger partial charge on any atom is -0.493 e. The van der Waals surface area contributed by atoms with E-state index in [1.54, 1.807) is 26.4 Å². The number of hydrogen-bond donors (Lipinski definition) is 2. The van der Waals surface area contributed by atoms with E-state index in [4.69, 9.17) is 9.47 Å². The first kappa shape index (κ1) is 25.2. The van der Waals surface area contributed by atoms with Crippen molar-refractivity contribution in [3.8, 4) is 11.5 Å². The SMILES string of the molecule is CCC(C)C(NS(=O)(=O)c1ccc(Br)cc1)C(=O)NCCc1ccc(OC)c(OC)c1. The summed E-state index contributed by atoms with van der Waals surface area (Å²) in [6.45, 7) is 4.13. The van der Waals surface area contributed by atoms with Crippen LogP contribution in [0.4, 0.5) is 0 Å². The lowest BCUT2D eigenvalue weighted by atomic mass is 9.99. The Bertz CT molecular complexity index is 980. The smallest absolute Gasteiger partial charge is 0.241 e. The maximum Gasteiger partial charge on any atom is 0.241 e. The first-order chi connectivity index (χ1) is 14.7. The van der Waals surface area contributed by atoms with Crippen molar-refractivity contribution in [1.29, 1.82) is 0 Å². The van der Waals surface area contributed by atoms with Crippen LogP contribution in [-0.2, 0) is 21.2 Å². The molecule has 170 valence electrons. The molecule has 0 heterocycles. The Morgan fingerprint density at radius 1 is 1.06 bits per heavy atom. The van der Waals surface area contributed by atoms with Gasteiger partial charge in [-0.05, 0) is 54.3 Å². The minimum absolute atomic E-state index is 0.113. The van der Waals surface area contributed by atoms with Gasteiger partial charge < -0.3 is 14.8 Å². The Morgan fingerprint density at radius 3 is 2.29 bits per heavy atom. The molecular weight excluding hydrogens is 484 g/mol. The molecule has 0 aliphatic heterocycles. The van der Waals surface area contributed by atoms with E-state index in [0.29, 0.717) is 30.9 Å². The standard InChI is InChI=1S/C22H29BrN2O5S/c1-5-15(2)21(25-31(27,28)18-9-7-17(23)8-10-18)22(26)24-13-12-16-6-11-19(29-3)20(14-16)30-4/h6-11,14-15,21,25H,5,12-13H2,1-4H3,(H,24,26). The third-order valence-corrected chi connectivity index (χ3v) is 7.05. The van der Waals surface area contributed by atoms with Crippen LogP contribution in [0.3, 0.4) is 0 Å². The van der Waals surface area contributed by atoms with Crippen molar-refractivity contribution >= 4 is 31.9 Å². The number of nitrogens with one attached hydrogen (secondary N) is 2. The molecule has 2 aromatic carbocycles. The highest BCUT2D eigenvalue weighted by Crippen LogP contribution is 2.27. The lowest BCUT2D eigenvalue weighted by Gasteiger charge is -2.23. The molecule has 2 N–H and O–H groups in total. The fourth-order valence-corrected chi connectivity index (χ4v) is 4.56. The Kier molecular flexibility index (Phi) is 9.33. The second-order valence-electron chi connectivity index (χ2n) is 7.17. The van der Waals surface area contributed by atoms with Crippen LogP contribution >= 0.6 is 15.9 Å². The number of carbonyl (C=O) groups excluding carboxylic acids is 1. The van der Waals surface area contributed by atoms with E-state index in [1.165, 1.54) is 12.1 Å². The van der Waals surface area contributed by atoms with Crippen molar-refractivity contribution < 1.29 is 22.7 Å². The summed E-state index contributed by atoms with van der Waals surface area (Å²) in [5, 5.41) is 2.85. The topological polar surface area (TPSA) is 93.7 Å². The van der Waals surface area contributed by atoms with Crippen molar-refractivity contribution in [2.24, 2.45) is 5.92 Å². The molecule has 7 nitrogen and oxygen atoms in total. The number of halogens is 1. The van der Waals surface area contributed by atoms with Gasteiger partial charge in [-0.25, -0.2) is 8.42 Å². The Morgan fingerprint density at radius 2 is 1.71 bits per heavy atom. The van der Waals surface area contributed by atoms with Crippen LogP contribution in [0.25, 0.3) is 0 Å². The maximum absolute atomic E-state index is 12.8. The van der Waals surface area contributed by atoms with Crippen LogP contribution in [0.15, 0.2) is 51.8 Å². The van der Waals surface area contributed by atoms with Gasteiger partial charge in [-0.2, -0.15) is 4.72 Å². The lowest BCUT2D eigenvalue weighted by molar-refractivity contribution is -0.123. The average Bonchev–Trinajstić information content (AvgIpc) is 2.77. The van der Waals surface area contributed by atoms with E-state index >= 15 is 0 Å². The van der Waals surface area contributed by atoms with Gasteiger partial charge in [0.15, 0.2) is 11.5 Å². The third-order valence-electron chi connectivity index (χ3n) is 5.06. The van der Waals surface area contributed by atoms with Crippen LogP contribution in [0.2, 0.25) is 0 Å². The highest BCUT2D eigenvalue weighted by Gasteiger charge is 2.29. The largest absolute Gasteiger partial charge is 0.493 e. The van der Waals surface area contributed by atoms with Gasteiger partial charge in [-0.15, -0.1) is 0 Å². The summed E-state index contributed by atoms with van der Waals surface area (Å²) >= 11 is 3.29. The van der Waals surface area contributed by atoms with Crippen molar-refractivity contribution in [1.82, 2.24) is 10.0 Å². The van der Waals surface area contributed by atoms with Gasteiger partial charge in [0.2, 0.25) is 15.9 Å². The summed E-state index contributed by atoms with van der Waals surface area (Å²) in [7, 11) is -0.694.